The van der Waals surface area contributed by atoms with E-state index in [0.717, 1.165) is 49.4 Å². The lowest BCUT2D eigenvalue weighted by Gasteiger charge is -2.27. The molecule has 0 unspecified atom stereocenters. The summed E-state index contributed by atoms with van der Waals surface area (Å²) in [6, 6.07) is 1.98. The number of hydrogen-bond donors (Lipinski definition) is 2. The Morgan fingerprint density at radius 1 is 1.35 bits per heavy atom. The van der Waals surface area contributed by atoms with Crippen LogP contribution in [0.4, 0.5) is 0 Å². The maximum Gasteiger partial charge on any atom is 0.220 e. The van der Waals surface area contributed by atoms with Gasteiger partial charge >= 0.3 is 0 Å². The molecule has 0 radical (unpaired) electrons. The van der Waals surface area contributed by atoms with E-state index in [1.807, 2.05) is 19.9 Å². The van der Waals surface area contributed by atoms with Crippen molar-refractivity contribution >= 4 is 11.7 Å². The molecular weight excluding hydrogens is 294 g/mol. The third-order valence-electron chi connectivity index (χ3n) is 4.90. The highest BCUT2D eigenvalue weighted by atomic mass is 16.5. The molecule has 0 aliphatic carbocycles. The van der Waals surface area contributed by atoms with E-state index in [2.05, 4.69) is 4.57 Å². The third kappa shape index (κ3) is 4.20. The molecule has 1 fully saturated rings. The van der Waals surface area contributed by atoms with E-state index in [9.17, 15) is 9.59 Å². The molecule has 1 aliphatic heterocycles. The van der Waals surface area contributed by atoms with Gasteiger partial charge in [0.05, 0.1) is 19.7 Å². The second kappa shape index (κ2) is 7.75. The molecule has 1 aliphatic rings. The van der Waals surface area contributed by atoms with E-state index in [0.29, 0.717) is 13.2 Å². The number of primary amides is 1. The molecule has 0 aromatic carbocycles. The Morgan fingerprint density at radius 3 is 2.57 bits per heavy atom. The normalized spacial score (nSPS) is 21.3. The summed E-state index contributed by atoms with van der Waals surface area (Å²) in [5.41, 5.74) is 8.26. The first kappa shape index (κ1) is 17.7. The minimum atomic E-state index is -0.211. The van der Waals surface area contributed by atoms with Crippen LogP contribution >= 0.6 is 0 Å². The smallest absolute Gasteiger partial charge is 0.220 e. The predicted molar refractivity (Wildman–Crippen MR) is 87.6 cm³/mol. The fourth-order valence-electron chi connectivity index (χ4n) is 3.42. The number of amides is 1. The van der Waals surface area contributed by atoms with E-state index in [1.54, 1.807) is 7.11 Å². The molecule has 1 aromatic heterocycles. The van der Waals surface area contributed by atoms with Crippen molar-refractivity contribution in [1.29, 1.82) is 0 Å². The summed E-state index contributed by atoms with van der Waals surface area (Å²) in [5.74, 6) is -0.0562. The van der Waals surface area contributed by atoms with Gasteiger partial charge in [-0.2, -0.15) is 0 Å². The van der Waals surface area contributed by atoms with E-state index in [-0.39, 0.29) is 17.6 Å². The first-order chi connectivity index (χ1) is 10.9. The number of rotatable bonds is 7. The number of aromatic nitrogens is 1. The molecule has 128 valence electrons. The zero-order valence-corrected chi connectivity index (χ0v) is 14.4. The second-order valence-electron chi connectivity index (χ2n) is 6.46. The van der Waals surface area contributed by atoms with Crippen molar-refractivity contribution < 1.29 is 19.2 Å². The number of carbonyl (C=O) groups excluding carboxylic acids is 2. The van der Waals surface area contributed by atoms with Crippen molar-refractivity contribution in [3.05, 3.63) is 23.0 Å². The summed E-state index contributed by atoms with van der Waals surface area (Å²) in [5, 5.41) is 0. The largest absolute Gasteiger partial charge is 0.383 e. The van der Waals surface area contributed by atoms with Crippen molar-refractivity contribution in [2.45, 2.75) is 33.2 Å². The van der Waals surface area contributed by atoms with E-state index in [4.69, 9.17) is 10.5 Å². The Hall–Kier alpha value is -1.66. The van der Waals surface area contributed by atoms with Crippen LogP contribution in [-0.2, 0) is 16.1 Å². The topological polar surface area (TPSA) is 78.8 Å². The Kier molecular flexibility index (Phi) is 5.96. The van der Waals surface area contributed by atoms with Gasteiger partial charge in [0.15, 0.2) is 0 Å². The number of nitrogens with one attached hydrogen (secondary N) is 1. The van der Waals surface area contributed by atoms with E-state index >= 15 is 0 Å². The second-order valence-corrected chi connectivity index (χ2v) is 6.46. The Bertz CT molecular complexity index is 572. The molecule has 23 heavy (non-hydrogen) atoms. The SMILES string of the molecule is COCCn1c(C)cc(C(=O)C[NH+]2CCC(C(N)=O)CC2)c1C. The minimum absolute atomic E-state index is 0.0204. The first-order valence-electron chi connectivity index (χ1n) is 8.25. The van der Waals surface area contributed by atoms with Gasteiger partial charge in [0.25, 0.3) is 0 Å². The van der Waals surface area contributed by atoms with E-state index in [1.165, 1.54) is 4.90 Å². The molecule has 1 amide bonds. The molecule has 0 bridgehead atoms. The summed E-state index contributed by atoms with van der Waals surface area (Å²) < 4.78 is 7.26. The molecule has 0 spiro atoms. The maximum atomic E-state index is 12.6. The number of nitrogens with two attached hydrogens (primary N) is 1. The molecule has 3 N–H and O–H groups in total. The number of likely N-dealkylation sites (tertiary alicyclic amines) is 1. The molecule has 2 heterocycles. The zero-order valence-electron chi connectivity index (χ0n) is 14.4. The third-order valence-corrected chi connectivity index (χ3v) is 4.90. The van der Waals surface area contributed by atoms with Gasteiger partial charge in [0, 0.05) is 49.4 Å². The van der Waals surface area contributed by atoms with Crippen LogP contribution in [0.15, 0.2) is 6.07 Å². The highest BCUT2D eigenvalue weighted by molar-refractivity contribution is 5.98. The number of ether oxygens (including phenoxy) is 1. The lowest BCUT2D eigenvalue weighted by molar-refractivity contribution is -0.897. The number of carbonyl (C=O) groups is 2. The maximum absolute atomic E-state index is 12.6. The van der Waals surface area contributed by atoms with Gasteiger partial charge in [-0.1, -0.05) is 0 Å². The van der Waals surface area contributed by atoms with Crippen LogP contribution in [0.2, 0.25) is 0 Å². The average Bonchev–Trinajstić information content (AvgIpc) is 2.80. The number of Topliss-reactive ketones (excluding diaryl/α,β-unsaturated/α-hetero) is 1. The van der Waals surface area contributed by atoms with Crippen LogP contribution in [0.1, 0.15) is 34.6 Å². The van der Waals surface area contributed by atoms with Crippen molar-refractivity contribution in [2.24, 2.45) is 11.7 Å². The predicted octanol–water partition coefficient (Wildman–Crippen LogP) is -0.286. The van der Waals surface area contributed by atoms with Gasteiger partial charge in [-0.05, 0) is 19.9 Å². The molecule has 6 nitrogen and oxygen atoms in total. The number of ketones is 1. The average molecular weight is 322 g/mol. The summed E-state index contributed by atoms with van der Waals surface area (Å²) in [6.45, 7) is 7.56. The summed E-state index contributed by atoms with van der Waals surface area (Å²) >= 11 is 0. The van der Waals surface area contributed by atoms with Crippen LogP contribution < -0.4 is 10.6 Å². The number of hydrogen-bond acceptors (Lipinski definition) is 3. The van der Waals surface area contributed by atoms with Gasteiger partial charge in [0.2, 0.25) is 11.7 Å². The van der Waals surface area contributed by atoms with Gasteiger partial charge in [-0.3, -0.25) is 9.59 Å². The Balaban J connectivity index is 1.98. The van der Waals surface area contributed by atoms with Crippen LogP contribution in [0.5, 0.6) is 0 Å². The van der Waals surface area contributed by atoms with Crippen molar-refractivity contribution in [3.63, 3.8) is 0 Å². The first-order valence-corrected chi connectivity index (χ1v) is 8.25. The number of nitrogens with zero attached hydrogens (tertiary/aromatic N) is 1. The fourth-order valence-corrected chi connectivity index (χ4v) is 3.42. The standard InChI is InChI=1S/C17H27N3O3/c1-12-10-15(13(2)20(12)8-9-23-3)16(21)11-19-6-4-14(5-7-19)17(18)22/h10,14H,4-9,11H2,1-3H3,(H2,18,22)/p+1. The molecule has 1 saturated heterocycles. The monoisotopic (exact) mass is 322 g/mol. The number of methoxy groups -OCH3 is 1. The van der Waals surface area contributed by atoms with Gasteiger partial charge in [0.1, 0.15) is 6.54 Å². The lowest BCUT2D eigenvalue weighted by Crippen LogP contribution is -3.14. The Morgan fingerprint density at radius 2 is 2.00 bits per heavy atom. The van der Waals surface area contributed by atoms with Crippen molar-refractivity contribution in [3.8, 4) is 0 Å². The quantitative estimate of drug-likeness (QED) is 0.678. The van der Waals surface area contributed by atoms with Crippen LogP contribution in [-0.4, -0.2) is 49.6 Å². The number of piperidine rings is 1. The highest BCUT2D eigenvalue weighted by Gasteiger charge is 2.28. The molecule has 2 rings (SSSR count). The van der Waals surface area contributed by atoms with Gasteiger partial charge in [-0.25, -0.2) is 0 Å². The number of aryl methyl sites for hydroxylation is 1. The summed E-state index contributed by atoms with van der Waals surface area (Å²) in [6.07, 6.45) is 1.57. The van der Waals surface area contributed by atoms with Crippen LogP contribution in [0, 0.1) is 19.8 Å². The molecule has 0 saturated carbocycles. The van der Waals surface area contributed by atoms with Crippen molar-refractivity contribution in [2.75, 3.05) is 33.4 Å². The van der Waals surface area contributed by atoms with Crippen molar-refractivity contribution in [1.82, 2.24) is 4.57 Å². The number of quaternary nitrogens is 1. The summed E-state index contributed by atoms with van der Waals surface area (Å²) in [7, 11) is 1.68. The van der Waals surface area contributed by atoms with Gasteiger partial charge < -0.3 is 19.9 Å². The Labute approximate surface area is 137 Å². The van der Waals surface area contributed by atoms with Crippen LogP contribution in [0.3, 0.4) is 0 Å². The molecular formula is C17H28N3O3+. The summed E-state index contributed by atoms with van der Waals surface area (Å²) in [4.78, 5) is 25.1. The zero-order chi connectivity index (χ0) is 17.0. The fraction of sp³-hybridized carbons (Fsp3) is 0.647. The van der Waals surface area contributed by atoms with Crippen LogP contribution in [0.25, 0.3) is 0 Å². The molecule has 6 heteroatoms. The van der Waals surface area contributed by atoms with E-state index < -0.39 is 0 Å². The minimum Gasteiger partial charge on any atom is -0.383 e. The molecule has 1 aromatic rings. The van der Waals surface area contributed by atoms with Gasteiger partial charge in [-0.15, -0.1) is 0 Å². The lowest BCUT2D eigenvalue weighted by atomic mass is 9.96. The highest BCUT2D eigenvalue weighted by Crippen LogP contribution is 2.15. The molecule has 0 atom stereocenters.